The molecule has 17 heavy (non-hydrogen) atoms. The van der Waals surface area contributed by atoms with E-state index in [1.165, 1.54) is 0 Å². The fourth-order valence-electron chi connectivity index (χ4n) is 1.39. The normalized spacial score (nSPS) is 12.3. The summed E-state index contributed by atoms with van der Waals surface area (Å²) in [6, 6.07) is 5.45. The van der Waals surface area contributed by atoms with Gasteiger partial charge in [-0.05, 0) is 47.3 Å². The first-order valence-corrected chi connectivity index (χ1v) is 7.75. The molecule has 94 valence electrons. The number of rotatable bonds is 4. The summed E-state index contributed by atoms with van der Waals surface area (Å²) < 4.78 is 0.746. The lowest BCUT2D eigenvalue weighted by atomic mass is 10.2. The van der Waals surface area contributed by atoms with Gasteiger partial charge >= 0.3 is 0 Å². The van der Waals surface area contributed by atoms with E-state index in [0.717, 1.165) is 10.2 Å². The van der Waals surface area contributed by atoms with E-state index in [2.05, 4.69) is 15.9 Å². The van der Waals surface area contributed by atoms with Gasteiger partial charge in [-0.3, -0.25) is 4.79 Å². The van der Waals surface area contributed by atoms with Gasteiger partial charge in [0, 0.05) is 28.9 Å². The maximum Gasteiger partial charge on any atom is 0.253 e. The number of nitrogens with zero attached hydrogens (tertiary/aromatic N) is 1. The molecule has 0 saturated heterocycles. The first kappa shape index (κ1) is 14.9. The first-order valence-electron chi connectivity index (χ1n) is 5.18. The molecule has 0 bridgehead atoms. The average Bonchev–Trinajstić information content (AvgIpc) is 2.31. The minimum atomic E-state index is 0.0175. The van der Waals surface area contributed by atoms with Crippen LogP contribution in [-0.4, -0.2) is 35.9 Å². The molecular weight excluding hydrogens is 322 g/mol. The van der Waals surface area contributed by atoms with Crippen molar-refractivity contribution in [2.75, 3.05) is 19.1 Å². The van der Waals surface area contributed by atoms with Crippen molar-refractivity contribution in [3.8, 4) is 0 Å². The average molecular weight is 337 g/mol. The minimum Gasteiger partial charge on any atom is -0.338 e. The summed E-state index contributed by atoms with van der Waals surface area (Å²) in [4.78, 5) is 13.9. The van der Waals surface area contributed by atoms with Crippen LogP contribution in [-0.2, 0) is 0 Å². The SMILES string of the molecule is CSCC(C)N(C)C(=O)c1ccc(Cl)c(Br)c1. The number of hydrogen-bond donors (Lipinski definition) is 0. The highest BCUT2D eigenvalue weighted by atomic mass is 79.9. The van der Waals surface area contributed by atoms with Crippen LogP contribution in [0.25, 0.3) is 0 Å². The molecule has 1 amide bonds. The van der Waals surface area contributed by atoms with Crippen LogP contribution in [0.5, 0.6) is 0 Å². The van der Waals surface area contributed by atoms with Gasteiger partial charge in [0.05, 0.1) is 5.02 Å². The van der Waals surface area contributed by atoms with Crippen LogP contribution in [0, 0.1) is 0 Å². The zero-order valence-corrected chi connectivity index (χ0v) is 13.2. The summed E-state index contributed by atoms with van der Waals surface area (Å²) >= 11 is 11.0. The quantitative estimate of drug-likeness (QED) is 0.830. The Labute approximate surface area is 120 Å². The van der Waals surface area contributed by atoms with Gasteiger partial charge in [-0.25, -0.2) is 0 Å². The van der Waals surface area contributed by atoms with Gasteiger partial charge in [0.25, 0.3) is 5.91 Å². The summed E-state index contributed by atoms with van der Waals surface area (Å²) in [5.74, 6) is 0.945. The molecule has 1 unspecified atom stereocenters. The summed E-state index contributed by atoms with van der Waals surface area (Å²) in [7, 11) is 1.83. The number of amides is 1. The van der Waals surface area contributed by atoms with Crippen LogP contribution in [0.4, 0.5) is 0 Å². The smallest absolute Gasteiger partial charge is 0.253 e. The van der Waals surface area contributed by atoms with Crippen LogP contribution in [0.1, 0.15) is 17.3 Å². The van der Waals surface area contributed by atoms with E-state index in [4.69, 9.17) is 11.6 Å². The second kappa shape index (κ2) is 6.66. The Bertz CT molecular complexity index is 413. The molecule has 0 spiro atoms. The summed E-state index contributed by atoms with van der Waals surface area (Å²) in [5, 5.41) is 0.612. The van der Waals surface area contributed by atoms with E-state index in [0.29, 0.717) is 10.6 Å². The molecule has 0 N–H and O–H groups in total. The van der Waals surface area contributed by atoms with E-state index in [-0.39, 0.29) is 11.9 Å². The van der Waals surface area contributed by atoms with Crippen LogP contribution in [0.2, 0.25) is 5.02 Å². The van der Waals surface area contributed by atoms with Crippen LogP contribution < -0.4 is 0 Å². The lowest BCUT2D eigenvalue weighted by Gasteiger charge is -2.24. The van der Waals surface area contributed by atoms with Gasteiger partial charge in [0.1, 0.15) is 0 Å². The molecule has 1 aromatic carbocycles. The van der Waals surface area contributed by atoms with Gasteiger partial charge in [-0.15, -0.1) is 0 Å². The standard InChI is InChI=1S/C12H15BrClNOS/c1-8(7-17-3)15(2)12(16)9-4-5-11(14)10(13)6-9/h4-6,8H,7H2,1-3H3. The lowest BCUT2D eigenvalue weighted by Crippen LogP contribution is -2.36. The van der Waals surface area contributed by atoms with Gasteiger partial charge in [0.15, 0.2) is 0 Å². The molecule has 5 heteroatoms. The number of carbonyl (C=O) groups excluding carboxylic acids is 1. The topological polar surface area (TPSA) is 20.3 Å². The Morgan fingerprint density at radius 1 is 1.59 bits per heavy atom. The number of hydrogen-bond acceptors (Lipinski definition) is 2. The van der Waals surface area contributed by atoms with Crippen LogP contribution >= 0.6 is 39.3 Å². The van der Waals surface area contributed by atoms with Crippen LogP contribution in [0.15, 0.2) is 22.7 Å². The fraction of sp³-hybridized carbons (Fsp3) is 0.417. The molecule has 2 nitrogen and oxygen atoms in total. The highest BCUT2D eigenvalue weighted by molar-refractivity contribution is 9.10. The van der Waals surface area contributed by atoms with E-state index in [9.17, 15) is 4.79 Å². The molecule has 0 heterocycles. The van der Waals surface area contributed by atoms with E-state index < -0.39 is 0 Å². The third kappa shape index (κ3) is 3.90. The molecule has 1 rings (SSSR count). The third-order valence-corrected chi connectivity index (χ3v) is 4.59. The maximum absolute atomic E-state index is 12.2. The molecule has 0 aliphatic rings. The molecule has 0 aliphatic carbocycles. The third-order valence-electron chi connectivity index (χ3n) is 2.56. The van der Waals surface area contributed by atoms with Crippen molar-refractivity contribution < 1.29 is 4.79 Å². The highest BCUT2D eigenvalue weighted by Crippen LogP contribution is 2.24. The Kier molecular flexibility index (Phi) is 5.83. The monoisotopic (exact) mass is 335 g/mol. The zero-order chi connectivity index (χ0) is 13.0. The molecule has 0 aromatic heterocycles. The molecular formula is C12H15BrClNOS. The van der Waals surface area contributed by atoms with E-state index in [1.54, 1.807) is 34.9 Å². The second-order valence-electron chi connectivity index (χ2n) is 3.85. The van der Waals surface area contributed by atoms with Crippen molar-refractivity contribution in [3.63, 3.8) is 0 Å². The van der Waals surface area contributed by atoms with E-state index >= 15 is 0 Å². The van der Waals surface area contributed by atoms with Gasteiger partial charge < -0.3 is 4.90 Å². The summed E-state index contributed by atoms with van der Waals surface area (Å²) in [6.07, 6.45) is 2.04. The summed E-state index contributed by atoms with van der Waals surface area (Å²) in [6.45, 7) is 2.04. The maximum atomic E-state index is 12.2. The van der Waals surface area contributed by atoms with Gasteiger partial charge in [0.2, 0.25) is 0 Å². The van der Waals surface area contributed by atoms with Crippen molar-refractivity contribution in [2.45, 2.75) is 13.0 Å². The predicted molar refractivity (Wildman–Crippen MR) is 79.1 cm³/mol. The number of benzene rings is 1. The molecule has 0 radical (unpaired) electrons. The van der Waals surface area contributed by atoms with Crippen molar-refractivity contribution >= 4 is 45.2 Å². The van der Waals surface area contributed by atoms with Crippen molar-refractivity contribution in [2.24, 2.45) is 0 Å². The van der Waals surface area contributed by atoms with Crippen LogP contribution in [0.3, 0.4) is 0 Å². The molecule has 0 aliphatic heterocycles. The Hall–Kier alpha value is -0.190. The summed E-state index contributed by atoms with van der Waals surface area (Å²) in [5.41, 5.74) is 0.650. The Morgan fingerprint density at radius 2 is 2.24 bits per heavy atom. The first-order chi connectivity index (χ1) is 7.97. The van der Waals surface area contributed by atoms with Gasteiger partial charge in [-0.2, -0.15) is 11.8 Å². The highest BCUT2D eigenvalue weighted by Gasteiger charge is 2.17. The fourth-order valence-corrected chi connectivity index (χ4v) is 2.59. The number of carbonyl (C=O) groups is 1. The molecule has 0 fully saturated rings. The van der Waals surface area contributed by atoms with E-state index in [1.807, 2.05) is 20.2 Å². The van der Waals surface area contributed by atoms with Crippen molar-refractivity contribution in [1.82, 2.24) is 4.90 Å². The number of halogens is 2. The minimum absolute atomic E-state index is 0.0175. The zero-order valence-electron chi connectivity index (χ0n) is 10.0. The Morgan fingerprint density at radius 3 is 2.76 bits per heavy atom. The molecule has 0 saturated carbocycles. The van der Waals surface area contributed by atoms with Crippen molar-refractivity contribution in [3.05, 3.63) is 33.3 Å². The molecule has 1 atom stereocenters. The predicted octanol–water partition coefficient (Wildman–Crippen LogP) is 3.93. The Balaban J connectivity index is 2.85. The van der Waals surface area contributed by atoms with Crippen molar-refractivity contribution in [1.29, 1.82) is 0 Å². The van der Waals surface area contributed by atoms with Gasteiger partial charge in [-0.1, -0.05) is 11.6 Å². The lowest BCUT2D eigenvalue weighted by molar-refractivity contribution is 0.0757. The molecule has 1 aromatic rings. The second-order valence-corrected chi connectivity index (χ2v) is 6.02. The largest absolute Gasteiger partial charge is 0.338 e. The number of thioether (sulfide) groups is 1.